The summed E-state index contributed by atoms with van der Waals surface area (Å²) in [6.45, 7) is -0.196. The lowest BCUT2D eigenvalue weighted by Gasteiger charge is -2.08. The summed E-state index contributed by atoms with van der Waals surface area (Å²) in [7, 11) is 0. The molecule has 0 radical (unpaired) electrons. The van der Waals surface area contributed by atoms with E-state index in [9.17, 15) is 14.3 Å². The lowest BCUT2D eigenvalue weighted by molar-refractivity contribution is -0.116. The standard InChI is InChI=1S/C23H15ClFN5O2S/c24-13-5-10-18-16(11-13)21(28-29-23-27-17-3-1-2-4-19(17)33-23)22(32)30(18)12-20(31)26-15-8-6-14(25)7-9-15/h1-11,32H,12H2,(H,26,31). The van der Waals surface area contributed by atoms with Gasteiger partial charge in [-0.2, -0.15) is 0 Å². The summed E-state index contributed by atoms with van der Waals surface area (Å²) in [5.41, 5.74) is 1.99. The van der Waals surface area contributed by atoms with Crippen molar-refractivity contribution in [3.05, 3.63) is 77.6 Å². The molecule has 33 heavy (non-hydrogen) atoms. The lowest BCUT2D eigenvalue weighted by atomic mass is 10.2. The minimum atomic E-state index is -0.404. The number of carbonyl (C=O) groups excluding carboxylic acids is 1. The zero-order chi connectivity index (χ0) is 22.9. The van der Waals surface area contributed by atoms with Gasteiger partial charge in [0.1, 0.15) is 12.4 Å². The summed E-state index contributed by atoms with van der Waals surface area (Å²) in [6, 6.07) is 18.0. The molecule has 1 amide bonds. The van der Waals surface area contributed by atoms with Crippen molar-refractivity contribution in [2.75, 3.05) is 5.32 Å². The largest absolute Gasteiger partial charge is 0.493 e. The van der Waals surface area contributed by atoms with Gasteiger partial charge in [-0.25, -0.2) is 9.37 Å². The topological polar surface area (TPSA) is 91.9 Å². The van der Waals surface area contributed by atoms with Gasteiger partial charge in [-0.3, -0.25) is 4.79 Å². The summed E-state index contributed by atoms with van der Waals surface area (Å²) in [5.74, 6) is -1.04. The van der Waals surface area contributed by atoms with Crippen LogP contribution in [0.5, 0.6) is 5.88 Å². The number of aromatic nitrogens is 2. The highest BCUT2D eigenvalue weighted by atomic mass is 35.5. The number of aromatic hydroxyl groups is 1. The van der Waals surface area contributed by atoms with Crippen LogP contribution in [0.25, 0.3) is 21.1 Å². The molecule has 0 spiro atoms. The number of anilines is 1. The van der Waals surface area contributed by atoms with Crippen molar-refractivity contribution < 1.29 is 14.3 Å². The Morgan fingerprint density at radius 1 is 1.12 bits per heavy atom. The maximum atomic E-state index is 13.1. The fourth-order valence-electron chi connectivity index (χ4n) is 3.43. The first-order valence-corrected chi connectivity index (χ1v) is 11.0. The van der Waals surface area contributed by atoms with Crippen LogP contribution in [-0.2, 0) is 11.3 Å². The van der Waals surface area contributed by atoms with Crippen LogP contribution in [0.15, 0.2) is 77.0 Å². The number of rotatable bonds is 5. The van der Waals surface area contributed by atoms with Gasteiger partial charge >= 0.3 is 0 Å². The number of fused-ring (bicyclic) bond motifs is 2. The van der Waals surface area contributed by atoms with Crippen LogP contribution in [0.3, 0.4) is 0 Å². The second kappa shape index (κ2) is 8.61. The van der Waals surface area contributed by atoms with Gasteiger partial charge in [0, 0.05) is 16.1 Å². The van der Waals surface area contributed by atoms with Crippen LogP contribution in [-0.4, -0.2) is 20.6 Å². The van der Waals surface area contributed by atoms with Gasteiger partial charge in [-0.15, -0.1) is 10.2 Å². The number of hydrogen-bond donors (Lipinski definition) is 2. The normalized spacial score (nSPS) is 11.6. The summed E-state index contributed by atoms with van der Waals surface area (Å²) < 4.78 is 15.5. The van der Waals surface area contributed by atoms with E-state index < -0.39 is 11.7 Å². The third kappa shape index (κ3) is 4.28. The van der Waals surface area contributed by atoms with E-state index in [1.807, 2.05) is 24.3 Å². The molecular formula is C23H15ClFN5O2S. The predicted octanol–water partition coefficient (Wildman–Crippen LogP) is 6.80. The van der Waals surface area contributed by atoms with Gasteiger partial charge in [-0.1, -0.05) is 35.1 Å². The Labute approximate surface area is 195 Å². The van der Waals surface area contributed by atoms with Crippen molar-refractivity contribution >= 4 is 66.5 Å². The first-order valence-electron chi connectivity index (χ1n) is 9.81. The first kappa shape index (κ1) is 21.0. The molecule has 3 aromatic carbocycles. The smallest absolute Gasteiger partial charge is 0.244 e. The van der Waals surface area contributed by atoms with E-state index in [4.69, 9.17) is 11.6 Å². The predicted molar refractivity (Wildman–Crippen MR) is 127 cm³/mol. The van der Waals surface area contributed by atoms with E-state index in [1.54, 1.807) is 18.2 Å². The van der Waals surface area contributed by atoms with Crippen molar-refractivity contribution in [2.24, 2.45) is 10.2 Å². The summed E-state index contributed by atoms with van der Waals surface area (Å²) in [4.78, 5) is 17.0. The molecule has 0 saturated heterocycles. The van der Waals surface area contributed by atoms with Crippen molar-refractivity contribution in [1.82, 2.24) is 9.55 Å². The van der Waals surface area contributed by atoms with Crippen molar-refractivity contribution in [1.29, 1.82) is 0 Å². The molecule has 0 fully saturated rings. The van der Waals surface area contributed by atoms with Crippen molar-refractivity contribution in [2.45, 2.75) is 6.54 Å². The highest BCUT2D eigenvalue weighted by Gasteiger charge is 2.19. The Hall–Kier alpha value is -3.82. The Kier molecular flexibility index (Phi) is 5.49. The Bertz CT molecular complexity index is 1490. The minimum Gasteiger partial charge on any atom is -0.493 e. The monoisotopic (exact) mass is 479 g/mol. The molecule has 0 saturated carbocycles. The number of amides is 1. The van der Waals surface area contributed by atoms with Crippen LogP contribution in [0, 0.1) is 5.82 Å². The van der Waals surface area contributed by atoms with E-state index in [0.29, 0.717) is 26.7 Å². The summed E-state index contributed by atoms with van der Waals surface area (Å²) >= 11 is 7.54. The van der Waals surface area contributed by atoms with Crippen LogP contribution >= 0.6 is 22.9 Å². The van der Waals surface area contributed by atoms with Gasteiger partial charge in [0.05, 0.1) is 15.7 Å². The third-order valence-corrected chi connectivity index (χ3v) is 6.08. The van der Waals surface area contributed by atoms with E-state index in [0.717, 1.165) is 10.2 Å². The lowest BCUT2D eigenvalue weighted by Crippen LogP contribution is -2.18. The number of thiazole rings is 1. The molecule has 0 bridgehead atoms. The highest BCUT2D eigenvalue weighted by Crippen LogP contribution is 2.41. The van der Waals surface area contributed by atoms with E-state index in [2.05, 4.69) is 20.5 Å². The summed E-state index contributed by atoms with van der Waals surface area (Å²) in [6.07, 6.45) is 0. The SMILES string of the molecule is O=C(Cn1c(O)c(N=Nc2nc3ccccc3s2)c2cc(Cl)ccc21)Nc1ccc(F)cc1. The number of para-hydroxylation sites is 1. The maximum Gasteiger partial charge on any atom is 0.244 e. The average Bonchev–Trinajstić information content (AvgIpc) is 3.32. The number of azo groups is 1. The van der Waals surface area contributed by atoms with Gasteiger partial charge in [0.15, 0.2) is 5.69 Å². The molecule has 0 aliphatic carbocycles. The third-order valence-electron chi connectivity index (χ3n) is 4.92. The first-order chi connectivity index (χ1) is 16.0. The molecule has 5 aromatic rings. The second-order valence-electron chi connectivity index (χ2n) is 7.14. The number of nitrogens with one attached hydrogen (secondary N) is 1. The molecule has 7 nitrogen and oxygen atoms in total. The average molecular weight is 480 g/mol. The fraction of sp³-hybridized carbons (Fsp3) is 0.0435. The molecule has 2 aromatic heterocycles. The number of carbonyl (C=O) groups is 1. The van der Waals surface area contributed by atoms with E-state index in [-0.39, 0.29) is 18.1 Å². The second-order valence-corrected chi connectivity index (χ2v) is 8.58. The molecular weight excluding hydrogens is 465 g/mol. The van der Waals surface area contributed by atoms with Crippen LogP contribution in [0.1, 0.15) is 0 Å². The van der Waals surface area contributed by atoms with Crippen molar-refractivity contribution in [3.63, 3.8) is 0 Å². The Balaban J connectivity index is 1.48. The molecule has 0 aliphatic heterocycles. The molecule has 0 atom stereocenters. The van der Waals surface area contributed by atoms with Crippen molar-refractivity contribution in [3.8, 4) is 5.88 Å². The molecule has 2 N–H and O–H groups in total. The minimum absolute atomic E-state index is 0.182. The summed E-state index contributed by atoms with van der Waals surface area (Å²) in [5, 5.41) is 23.4. The molecule has 164 valence electrons. The van der Waals surface area contributed by atoms with Gasteiger partial charge in [0.2, 0.25) is 16.9 Å². The van der Waals surface area contributed by atoms with Gasteiger partial charge in [0.25, 0.3) is 0 Å². The van der Waals surface area contributed by atoms with Crippen LogP contribution in [0.4, 0.5) is 20.9 Å². The van der Waals surface area contributed by atoms with Crippen LogP contribution in [0.2, 0.25) is 5.02 Å². The van der Waals surface area contributed by atoms with Gasteiger partial charge in [-0.05, 0) is 54.6 Å². The van der Waals surface area contributed by atoms with Crippen LogP contribution < -0.4 is 5.32 Å². The molecule has 0 unspecified atom stereocenters. The van der Waals surface area contributed by atoms with E-state index >= 15 is 0 Å². The van der Waals surface area contributed by atoms with Gasteiger partial charge < -0.3 is 15.0 Å². The zero-order valence-electron chi connectivity index (χ0n) is 16.9. The molecule has 2 heterocycles. The zero-order valence-corrected chi connectivity index (χ0v) is 18.4. The number of nitrogens with zero attached hydrogens (tertiary/aromatic N) is 4. The number of halogens is 2. The molecule has 5 rings (SSSR count). The highest BCUT2D eigenvalue weighted by molar-refractivity contribution is 7.21. The Morgan fingerprint density at radius 2 is 1.91 bits per heavy atom. The molecule has 10 heteroatoms. The fourth-order valence-corrected chi connectivity index (χ4v) is 4.39. The maximum absolute atomic E-state index is 13.1. The van der Waals surface area contributed by atoms with E-state index in [1.165, 1.54) is 40.2 Å². The number of benzene rings is 3. The quantitative estimate of drug-likeness (QED) is 0.271. The Morgan fingerprint density at radius 3 is 2.70 bits per heavy atom. The number of hydrogen-bond acceptors (Lipinski definition) is 6. The molecule has 0 aliphatic rings.